The number of aryl methyl sites for hydroxylation is 2. The van der Waals surface area contributed by atoms with Crippen LogP contribution in [0.1, 0.15) is 21.9 Å². The van der Waals surface area contributed by atoms with Gasteiger partial charge in [-0.2, -0.15) is 5.10 Å². The number of aromatic amines is 1. The van der Waals surface area contributed by atoms with Crippen LogP contribution in [0.3, 0.4) is 0 Å². The zero-order valence-corrected chi connectivity index (χ0v) is 10.5. The summed E-state index contributed by atoms with van der Waals surface area (Å²) in [6.45, 7) is 3.58. The maximum absolute atomic E-state index is 12.0. The first-order chi connectivity index (χ1) is 9.13. The van der Waals surface area contributed by atoms with Crippen LogP contribution in [0, 0.1) is 13.8 Å². The van der Waals surface area contributed by atoms with Gasteiger partial charge in [0.15, 0.2) is 11.5 Å². The van der Waals surface area contributed by atoms with Crippen molar-refractivity contribution in [2.24, 2.45) is 0 Å². The Morgan fingerprint density at radius 2 is 2.21 bits per heavy atom. The summed E-state index contributed by atoms with van der Waals surface area (Å²) in [7, 11) is 0. The first-order valence-corrected chi connectivity index (χ1v) is 5.82. The molecule has 0 saturated heterocycles. The fourth-order valence-corrected chi connectivity index (χ4v) is 1.90. The molecule has 96 valence electrons. The molecule has 19 heavy (non-hydrogen) atoms. The van der Waals surface area contributed by atoms with Gasteiger partial charge in [-0.3, -0.25) is 9.89 Å². The molecule has 1 aromatic carbocycles. The van der Waals surface area contributed by atoms with Crippen molar-refractivity contribution in [3.05, 3.63) is 41.5 Å². The number of carbonyl (C=O) groups is 1. The van der Waals surface area contributed by atoms with Crippen LogP contribution >= 0.6 is 0 Å². The Labute approximate surface area is 108 Å². The molecule has 0 radical (unpaired) electrons. The largest absolute Gasteiger partial charge is 0.441 e. The number of carbonyl (C=O) groups excluding carboxylic acids is 1. The molecule has 1 amide bonds. The lowest BCUT2D eigenvalue weighted by atomic mass is 10.2. The number of amides is 1. The van der Waals surface area contributed by atoms with Gasteiger partial charge in [0.2, 0.25) is 0 Å². The molecular weight excluding hydrogens is 244 g/mol. The van der Waals surface area contributed by atoms with Crippen molar-refractivity contribution in [3.8, 4) is 0 Å². The standard InChI is InChI=1S/C13H12N4O2/c1-7-10(6-14-17-7)13(18)16-9-3-4-12-11(5-9)15-8(2)19-12/h3-6H,1-2H3,(H,14,17)(H,16,18). The van der Waals surface area contributed by atoms with Crippen molar-refractivity contribution in [2.75, 3.05) is 5.32 Å². The maximum Gasteiger partial charge on any atom is 0.259 e. The minimum absolute atomic E-state index is 0.203. The number of nitrogens with zero attached hydrogens (tertiary/aromatic N) is 2. The summed E-state index contributed by atoms with van der Waals surface area (Å²) in [6.07, 6.45) is 1.50. The topological polar surface area (TPSA) is 83.8 Å². The molecule has 0 spiro atoms. The van der Waals surface area contributed by atoms with Crippen molar-refractivity contribution >= 4 is 22.7 Å². The van der Waals surface area contributed by atoms with Crippen LogP contribution in [0.2, 0.25) is 0 Å². The number of anilines is 1. The van der Waals surface area contributed by atoms with Gasteiger partial charge in [-0.15, -0.1) is 0 Å². The Balaban J connectivity index is 1.89. The van der Waals surface area contributed by atoms with E-state index in [-0.39, 0.29) is 5.91 Å². The third-order valence-corrected chi connectivity index (χ3v) is 2.83. The highest BCUT2D eigenvalue weighted by Gasteiger charge is 2.11. The molecule has 0 aliphatic heterocycles. The fourth-order valence-electron chi connectivity index (χ4n) is 1.90. The van der Waals surface area contributed by atoms with E-state index in [4.69, 9.17) is 4.42 Å². The van der Waals surface area contributed by atoms with E-state index in [2.05, 4.69) is 20.5 Å². The van der Waals surface area contributed by atoms with Gasteiger partial charge in [-0.1, -0.05) is 0 Å². The lowest BCUT2D eigenvalue weighted by Crippen LogP contribution is -2.12. The molecule has 6 heteroatoms. The Kier molecular flexibility index (Phi) is 2.56. The van der Waals surface area contributed by atoms with Crippen LogP contribution in [0.25, 0.3) is 11.1 Å². The van der Waals surface area contributed by atoms with Gasteiger partial charge >= 0.3 is 0 Å². The van der Waals surface area contributed by atoms with Crippen molar-refractivity contribution in [1.82, 2.24) is 15.2 Å². The van der Waals surface area contributed by atoms with E-state index < -0.39 is 0 Å². The summed E-state index contributed by atoms with van der Waals surface area (Å²) < 4.78 is 5.38. The molecule has 2 heterocycles. The second kappa shape index (κ2) is 4.24. The van der Waals surface area contributed by atoms with Crippen molar-refractivity contribution in [3.63, 3.8) is 0 Å². The van der Waals surface area contributed by atoms with Gasteiger partial charge in [0, 0.05) is 18.3 Å². The van der Waals surface area contributed by atoms with Crippen LogP contribution < -0.4 is 5.32 Å². The van der Waals surface area contributed by atoms with Crippen LogP contribution in [-0.4, -0.2) is 21.1 Å². The average molecular weight is 256 g/mol. The number of hydrogen-bond acceptors (Lipinski definition) is 4. The average Bonchev–Trinajstić information content (AvgIpc) is 2.93. The molecule has 0 atom stereocenters. The third-order valence-electron chi connectivity index (χ3n) is 2.83. The summed E-state index contributed by atoms with van der Waals surface area (Å²) in [6, 6.07) is 5.34. The second-order valence-corrected chi connectivity index (χ2v) is 4.28. The Bertz CT molecular complexity index is 757. The summed E-state index contributed by atoms with van der Waals surface area (Å²) in [5, 5.41) is 9.36. The van der Waals surface area contributed by atoms with Crippen molar-refractivity contribution < 1.29 is 9.21 Å². The van der Waals surface area contributed by atoms with E-state index in [1.54, 1.807) is 32.0 Å². The summed E-state index contributed by atoms with van der Waals surface area (Å²) in [4.78, 5) is 16.2. The van der Waals surface area contributed by atoms with E-state index in [1.807, 2.05) is 0 Å². The monoisotopic (exact) mass is 256 g/mol. The van der Waals surface area contributed by atoms with Crippen LogP contribution in [0.5, 0.6) is 0 Å². The molecule has 2 aromatic heterocycles. The first-order valence-electron chi connectivity index (χ1n) is 5.82. The number of oxazole rings is 1. The van der Waals surface area contributed by atoms with Crippen LogP contribution in [-0.2, 0) is 0 Å². The number of fused-ring (bicyclic) bond motifs is 1. The Hall–Kier alpha value is -2.63. The SMILES string of the molecule is Cc1nc2cc(NC(=O)c3cn[nH]c3C)ccc2o1. The van der Waals surface area contributed by atoms with Crippen molar-refractivity contribution in [1.29, 1.82) is 0 Å². The van der Waals surface area contributed by atoms with Gasteiger partial charge in [0.25, 0.3) is 5.91 Å². The lowest BCUT2D eigenvalue weighted by Gasteiger charge is -2.03. The lowest BCUT2D eigenvalue weighted by molar-refractivity contribution is 0.102. The minimum atomic E-state index is -0.203. The number of nitrogens with one attached hydrogen (secondary N) is 2. The molecule has 2 N–H and O–H groups in total. The molecule has 3 rings (SSSR count). The molecule has 0 fully saturated rings. The fraction of sp³-hybridized carbons (Fsp3) is 0.154. The highest BCUT2D eigenvalue weighted by atomic mass is 16.3. The quantitative estimate of drug-likeness (QED) is 0.737. The van der Waals surface area contributed by atoms with Gasteiger partial charge in [-0.25, -0.2) is 4.98 Å². The highest BCUT2D eigenvalue weighted by Crippen LogP contribution is 2.20. The second-order valence-electron chi connectivity index (χ2n) is 4.28. The maximum atomic E-state index is 12.0. The van der Waals surface area contributed by atoms with E-state index >= 15 is 0 Å². The summed E-state index contributed by atoms with van der Waals surface area (Å²) >= 11 is 0. The van der Waals surface area contributed by atoms with Gasteiger partial charge < -0.3 is 9.73 Å². The van der Waals surface area contributed by atoms with Crippen molar-refractivity contribution in [2.45, 2.75) is 13.8 Å². The number of H-pyrrole nitrogens is 1. The smallest absolute Gasteiger partial charge is 0.259 e. The predicted molar refractivity (Wildman–Crippen MR) is 70.0 cm³/mol. The predicted octanol–water partition coefficient (Wildman–Crippen LogP) is 2.42. The molecular formula is C13H12N4O2. The molecule has 0 aliphatic rings. The summed E-state index contributed by atoms with van der Waals surface area (Å²) in [5.41, 5.74) is 3.35. The first kappa shape index (κ1) is 11.5. The zero-order valence-electron chi connectivity index (χ0n) is 10.5. The van der Waals surface area contributed by atoms with Crippen LogP contribution in [0.15, 0.2) is 28.8 Å². The molecule has 0 saturated carbocycles. The normalized spacial score (nSPS) is 10.8. The van der Waals surface area contributed by atoms with Gasteiger partial charge in [0.1, 0.15) is 5.52 Å². The van der Waals surface area contributed by atoms with Crippen LogP contribution in [0.4, 0.5) is 5.69 Å². The number of aromatic nitrogens is 3. The van der Waals surface area contributed by atoms with Gasteiger partial charge in [0.05, 0.1) is 11.8 Å². The zero-order chi connectivity index (χ0) is 13.4. The Morgan fingerprint density at radius 3 is 2.95 bits per heavy atom. The molecule has 0 bridgehead atoms. The van der Waals surface area contributed by atoms with Gasteiger partial charge in [-0.05, 0) is 25.1 Å². The molecule has 0 unspecified atom stereocenters. The Morgan fingerprint density at radius 1 is 1.37 bits per heavy atom. The number of benzene rings is 1. The number of rotatable bonds is 2. The minimum Gasteiger partial charge on any atom is -0.441 e. The molecule has 6 nitrogen and oxygen atoms in total. The highest BCUT2D eigenvalue weighted by molar-refractivity contribution is 6.05. The number of hydrogen-bond donors (Lipinski definition) is 2. The van der Waals surface area contributed by atoms with E-state index in [0.29, 0.717) is 22.7 Å². The molecule has 0 aliphatic carbocycles. The third kappa shape index (κ3) is 2.08. The van der Waals surface area contributed by atoms with E-state index in [0.717, 1.165) is 11.2 Å². The van der Waals surface area contributed by atoms with E-state index in [9.17, 15) is 4.79 Å². The summed E-state index contributed by atoms with van der Waals surface area (Å²) in [5.74, 6) is 0.398. The molecule has 3 aromatic rings. The van der Waals surface area contributed by atoms with E-state index in [1.165, 1.54) is 6.20 Å².